The second kappa shape index (κ2) is 6.61. The van der Waals surface area contributed by atoms with Crippen LogP contribution in [0.5, 0.6) is 0 Å². The Labute approximate surface area is 80.6 Å². The van der Waals surface area contributed by atoms with Crippen molar-refractivity contribution in [2.24, 2.45) is 0 Å². The fraction of sp³-hybridized carbons (Fsp3) is 0.545. The van der Waals surface area contributed by atoms with E-state index >= 15 is 0 Å². The van der Waals surface area contributed by atoms with E-state index in [1.165, 1.54) is 0 Å². The van der Waals surface area contributed by atoms with Crippen molar-refractivity contribution in [2.75, 3.05) is 0 Å². The largest absolute Gasteiger partial charge is 0.392 e. The van der Waals surface area contributed by atoms with E-state index < -0.39 is 0 Å². The summed E-state index contributed by atoms with van der Waals surface area (Å²) in [5.41, 5.74) is 1.94. The Hall–Kier alpha value is -0.890. The van der Waals surface area contributed by atoms with Gasteiger partial charge in [0.25, 0.3) is 0 Å². The van der Waals surface area contributed by atoms with Gasteiger partial charge in [-0.3, -0.25) is 4.98 Å². The molecule has 0 aliphatic rings. The molecule has 13 heavy (non-hydrogen) atoms. The molecule has 0 atom stereocenters. The van der Waals surface area contributed by atoms with Gasteiger partial charge in [0.2, 0.25) is 0 Å². The monoisotopic (exact) mass is 181 g/mol. The summed E-state index contributed by atoms with van der Waals surface area (Å²) in [6.07, 6.45) is 1.72. The normalized spacial score (nSPS) is 9.38. The molecule has 0 aliphatic heterocycles. The number of hydrogen-bond acceptors (Lipinski definition) is 2. The van der Waals surface area contributed by atoms with Crippen LogP contribution in [-0.4, -0.2) is 10.1 Å². The number of nitrogens with zero attached hydrogens (tertiary/aromatic N) is 1. The Morgan fingerprint density at radius 1 is 1.31 bits per heavy atom. The van der Waals surface area contributed by atoms with Crippen molar-refractivity contribution in [1.29, 1.82) is 0 Å². The minimum absolute atomic E-state index is 0.0748. The molecule has 0 aliphatic carbocycles. The van der Waals surface area contributed by atoms with Gasteiger partial charge in [-0.1, -0.05) is 33.8 Å². The van der Waals surface area contributed by atoms with Gasteiger partial charge >= 0.3 is 0 Å². The van der Waals surface area contributed by atoms with Gasteiger partial charge in [-0.05, 0) is 17.5 Å². The first-order valence-electron chi connectivity index (χ1n) is 4.79. The van der Waals surface area contributed by atoms with Crippen LogP contribution in [0.4, 0.5) is 0 Å². The second-order valence-corrected chi connectivity index (χ2v) is 2.90. The lowest BCUT2D eigenvalue weighted by atomic mass is 10.1. The Bertz CT molecular complexity index is 216. The van der Waals surface area contributed by atoms with Crippen LogP contribution in [0.15, 0.2) is 18.3 Å². The maximum Gasteiger partial charge on any atom is 0.0696 e. The average molecular weight is 181 g/mol. The summed E-state index contributed by atoms with van der Waals surface area (Å²) < 4.78 is 0. The Balaban J connectivity index is 0.000000671. The van der Waals surface area contributed by atoms with Crippen molar-refractivity contribution in [3.05, 3.63) is 29.6 Å². The first-order valence-corrected chi connectivity index (χ1v) is 4.79. The molecule has 0 fully saturated rings. The van der Waals surface area contributed by atoms with Crippen LogP contribution in [0.1, 0.15) is 44.9 Å². The van der Waals surface area contributed by atoms with Crippen LogP contribution in [0.2, 0.25) is 0 Å². The number of pyridine rings is 1. The van der Waals surface area contributed by atoms with Crippen molar-refractivity contribution in [1.82, 2.24) is 4.98 Å². The zero-order valence-electron chi connectivity index (χ0n) is 8.91. The van der Waals surface area contributed by atoms with Crippen molar-refractivity contribution in [3.8, 4) is 0 Å². The number of aliphatic hydroxyl groups is 1. The molecule has 0 saturated carbocycles. The highest BCUT2D eigenvalue weighted by molar-refractivity contribution is 5.15. The third-order valence-electron chi connectivity index (χ3n) is 1.62. The molecule has 74 valence electrons. The minimum atomic E-state index is 0.0748. The SMILES string of the molecule is CC.CC(C)c1ccc(CO)cn1. The van der Waals surface area contributed by atoms with E-state index in [1.54, 1.807) is 6.20 Å². The van der Waals surface area contributed by atoms with Gasteiger partial charge in [-0.2, -0.15) is 0 Å². The van der Waals surface area contributed by atoms with Crippen LogP contribution < -0.4 is 0 Å². The summed E-state index contributed by atoms with van der Waals surface area (Å²) in [7, 11) is 0. The van der Waals surface area contributed by atoms with Crippen LogP contribution >= 0.6 is 0 Å². The van der Waals surface area contributed by atoms with E-state index in [0.29, 0.717) is 5.92 Å². The van der Waals surface area contributed by atoms with E-state index in [1.807, 2.05) is 26.0 Å². The molecular weight excluding hydrogens is 162 g/mol. The molecule has 0 aromatic carbocycles. The zero-order chi connectivity index (χ0) is 10.3. The Morgan fingerprint density at radius 3 is 2.23 bits per heavy atom. The molecule has 0 radical (unpaired) electrons. The summed E-state index contributed by atoms with van der Waals surface area (Å²) in [6, 6.07) is 3.86. The van der Waals surface area contributed by atoms with Crippen LogP contribution in [0.3, 0.4) is 0 Å². The summed E-state index contributed by atoms with van der Waals surface area (Å²) in [6.45, 7) is 8.27. The first-order chi connectivity index (χ1) is 6.24. The van der Waals surface area contributed by atoms with Crippen molar-refractivity contribution >= 4 is 0 Å². The maximum absolute atomic E-state index is 8.73. The molecule has 0 amide bonds. The lowest BCUT2D eigenvalue weighted by Gasteiger charge is -2.03. The highest BCUT2D eigenvalue weighted by Gasteiger charge is 1.98. The standard InChI is InChI=1S/C9H13NO.C2H6/c1-7(2)9-4-3-8(6-11)5-10-9;1-2/h3-5,7,11H,6H2,1-2H3;1-2H3. The predicted molar refractivity (Wildman–Crippen MR) is 55.6 cm³/mol. The average Bonchev–Trinajstić information content (AvgIpc) is 2.21. The van der Waals surface area contributed by atoms with E-state index in [2.05, 4.69) is 18.8 Å². The van der Waals surface area contributed by atoms with E-state index in [4.69, 9.17) is 5.11 Å². The highest BCUT2D eigenvalue weighted by atomic mass is 16.3. The summed E-state index contributed by atoms with van der Waals surface area (Å²) in [5.74, 6) is 0.461. The third kappa shape index (κ3) is 4.04. The van der Waals surface area contributed by atoms with E-state index in [-0.39, 0.29) is 6.61 Å². The van der Waals surface area contributed by atoms with E-state index in [0.717, 1.165) is 11.3 Å². The van der Waals surface area contributed by atoms with Gasteiger partial charge < -0.3 is 5.11 Å². The molecule has 1 heterocycles. The quantitative estimate of drug-likeness (QED) is 0.761. The lowest BCUT2D eigenvalue weighted by molar-refractivity contribution is 0.281. The molecular formula is C11H19NO. The predicted octanol–water partition coefficient (Wildman–Crippen LogP) is 2.72. The number of aliphatic hydroxyl groups excluding tert-OH is 1. The van der Waals surface area contributed by atoms with Gasteiger partial charge in [-0.25, -0.2) is 0 Å². The summed E-state index contributed by atoms with van der Waals surface area (Å²) >= 11 is 0. The molecule has 1 aromatic heterocycles. The fourth-order valence-corrected chi connectivity index (χ4v) is 0.871. The van der Waals surface area contributed by atoms with Crippen molar-refractivity contribution < 1.29 is 5.11 Å². The van der Waals surface area contributed by atoms with Gasteiger partial charge in [0.15, 0.2) is 0 Å². The minimum Gasteiger partial charge on any atom is -0.392 e. The summed E-state index contributed by atoms with van der Waals surface area (Å²) in [4.78, 5) is 4.19. The smallest absolute Gasteiger partial charge is 0.0696 e. The number of aromatic nitrogens is 1. The van der Waals surface area contributed by atoms with Crippen LogP contribution in [0.25, 0.3) is 0 Å². The van der Waals surface area contributed by atoms with Crippen LogP contribution in [0, 0.1) is 0 Å². The van der Waals surface area contributed by atoms with Crippen molar-refractivity contribution in [2.45, 2.75) is 40.2 Å². The second-order valence-electron chi connectivity index (χ2n) is 2.90. The lowest BCUT2D eigenvalue weighted by Crippen LogP contribution is -1.93. The van der Waals surface area contributed by atoms with Gasteiger partial charge in [0, 0.05) is 11.9 Å². The molecule has 2 nitrogen and oxygen atoms in total. The zero-order valence-corrected chi connectivity index (χ0v) is 8.91. The molecule has 1 rings (SSSR count). The van der Waals surface area contributed by atoms with Gasteiger partial charge in [0.1, 0.15) is 0 Å². The van der Waals surface area contributed by atoms with Gasteiger partial charge in [0.05, 0.1) is 6.61 Å². The van der Waals surface area contributed by atoms with Gasteiger partial charge in [-0.15, -0.1) is 0 Å². The topological polar surface area (TPSA) is 33.1 Å². The number of hydrogen-bond donors (Lipinski definition) is 1. The fourth-order valence-electron chi connectivity index (χ4n) is 0.871. The molecule has 0 bridgehead atoms. The van der Waals surface area contributed by atoms with Crippen LogP contribution in [-0.2, 0) is 6.61 Å². The molecule has 0 unspecified atom stereocenters. The first kappa shape index (κ1) is 12.1. The molecule has 0 saturated heterocycles. The molecule has 1 N–H and O–H groups in total. The third-order valence-corrected chi connectivity index (χ3v) is 1.62. The molecule has 2 heteroatoms. The molecule has 0 spiro atoms. The van der Waals surface area contributed by atoms with Crippen molar-refractivity contribution in [3.63, 3.8) is 0 Å². The Kier molecular flexibility index (Phi) is 6.15. The highest BCUT2D eigenvalue weighted by Crippen LogP contribution is 2.10. The Morgan fingerprint density at radius 2 is 1.92 bits per heavy atom. The molecule has 1 aromatic rings. The summed E-state index contributed by atoms with van der Waals surface area (Å²) in [5, 5.41) is 8.73. The number of rotatable bonds is 2. The van der Waals surface area contributed by atoms with E-state index in [9.17, 15) is 0 Å². The maximum atomic E-state index is 8.73.